The second-order valence-corrected chi connectivity index (χ2v) is 7.01. The van der Waals surface area contributed by atoms with E-state index in [-0.39, 0.29) is 35.4 Å². The van der Waals surface area contributed by atoms with Crippen LogP contribution in [0.3, 0.4) is 0 Å². The number of amides is 1. The maximum absolute atomic E-state index is 13.6. The molecule has 2 aromatic rings. The third-order valence-corrected chi connectivity index (χ3v) is 3.95. The van der Waals surface area contributed by atoms with Crippen LogP contribution >= 0.6 is 0 Å². The van der Waals surface area contributed by atoms with Gasteiger partial charge in [-0.25, -0.2) is 8.78 Å². The van der Waals surface area contributed by atoms with Gasteiger partial charge in [-0.3, -0.25) is 4.79 Å². The maximum atomic E-state index is 13.6. The number of hydrogen-bond donors (Lipinski definition) is 1. The second kappa shape index (κ2) is 7.56. The highest BCUT2D eigenvalue weighted by Gasteiger charge is 2.27. The zero-order valence-electron chi connectivity index (χ0n) is 14.3. The lowest BCUT2D eigenvalue weighted by Crippen LogP contribution is -2.36. The van der Waals surface area contributed by atoms with Gasteiger partial charge in [-0.05, 0) is 41.2 Å². The Hall–Kier alpha value is -2.23. The van der Waals surface area contributed by atoms with Crippen molar-refractivity contribution in [3.63, 3.8) is 0 Å². The quantitative estimate of drug-likeness (QED) is 0.837. The minimum absolute atomic E-state index is 0.150. The molecule has 24 heavy (non-hydrogen) atoms. The SMILES string of the molecule is CC(C)(C)C(NC(=O)CCc1ccccc1F)c1ccc(F)cc1. The van der Waals surface area contributed by atoms with E-state index in [0.717, 1.165) is 5.56 Å². The second-order valence-electron chi connectivity index (χ2n) is 7.01. The number of carbonyl (C=O) groups is 1. The molecule has 0 aliphatic rings. The van der Waals surface area contributed by atoms with Crippen molar-refractivity contribution in [3.05, 3.63) is 71.3 Å². The molecule has 2 nitrogen and oxygen atoms in total. The van der Waals surface area contributed by atoms with E-state index in [2.05, 4.69) is 5.32 Å². The molecule has 0 fully saturated rings. The summed E-state index contributed by atoms with van der Waals surface area (Å²) in [6.07, 6.45) is 0.549. The lowest BCUT2D eigenvalue weighted by atomic mass is 9.82. The summed E-state index contributed by atoms with van der Waals surface area (Å²) in [5.74, 6) is -0.754. The number of benzene rings is 2. The minimum atomic E-state index is -0.308. The zero-order chi connectivity index (χ0) is 17.7. The Bertz CT molecular complexity index is 690. The van der Waals surface area contributed by atoms with Crippen molar-refractivity contribution in [2.45, 2.75) is 39.7 Å². The first-order chi connectivity index (χ1) is 11.3. The van der Waals surface area contributed by atoms with E-state index in [1.165, 1.54) is 18.2 Å². The fourth-order valence-electron chi connectivity index (χ4n) is 2.64. The van der Waals surface area contributed by atoms with Crippen LogP contribution in [0.4, 0.5) is 8.78 Å². The van der Waals surface area contributed by atoms with Gasteiger partial charge in [0.05, 0.1) is 6.04 Å². The largest absolute Gasteiger partial charge is 0.349 e. The molecule has 0 saturated carbocycles. The van der Waals surface area contributed by atoms with Gasteiger partial charge >= 0.3 is 0 Å². The van der Waals surface area contributed by atoms with Crippen molar-refractivity contribution in [2.75, 3.05) is 0 Å². The van der Waals surface area contributed by atoms with E-state index in [4.69, 9.17) is 0 Å². The molecule has 0 saturated heterocycles. The number of aryl methyl sites for hydroxylation is 1. The van der Waals surface area contributed by atoms with Gasteiger partial charge in [0.2, 0.25) is 5.91 Å². The molecular formula is C20H23F2NO. The molecule has 1 atom stereocenters. The Morgan fingerprint density at radius 3 is 2.25 bits per heavy atom. The maximum Gasteiger partial charge on any atom is 0.220 e. The number of halogens is 2. The third-order valence-electron chi connectivity index (χ3n) is 3.95. The van der Waals surface area contributed by atoms with Crippen molar-refractivity contribution in [1.29, 1.82) is 0 Å². The minimum Gasteiger partial charge on any atom is -0.349 e. The Balaban J connectivity index is 2.05. The predicted octanol–water partition coefficient (Wildman–Crippen LogP) is 4.80. The van der Waals surface area contributed by atoms with Crippen molar-refractivity contribution in [3.8, 4) is 0 Å². The first kappa shape index (κ1) is 18.1. The number of hydrogen-bond acceptors (Lipinski definition) is 1. The summed E-state index contributed by atoms with van der Waals surface area (Å²) in [6, 6.07) is 12.4. The average Bonchev–Trinajstić information content (AvgIpc) is 2.52. The predicted molar refractivity (Wildman–Crippen MR) is 91.5 cm³/mol. The van der Waals surface area contributed by atoms with E-state index in [1.807, 2.05) is 20.8 Å². The zero-order valence-corrected chi connectivity index (χ0v) is 14.3. The molecule has 0 radical (unpaired) electrons. The molecule has 0 bridgehead atoms. The van der Waals surface area contributed by atoms with Gasteiger partial charge < -0.3 is 5.32 Å². The molecule has 4 heteroatoms. The summed E-state index contributed by atoms with van der Waals surface area (Å²) in [6.45, 7) is 6.04. The molecule has 128 valence electrons. The van der Waals surface area contributed by atoms with Gasteiger partial charge in [-0.1, -0.05) is 51.1 Å². The molecule has 0 spiro atoms. The van der Waals surface area contributed by atoms with Crippen LogP contribution in [0.5, 0.6) is 0 Å². The molecular weight excluding hydrogens is 308 g/mol. The summed E-state index contributed by atoms with van der Waals surface area (Å²) in [7, 11) is 0. The van der Waals surface area contributed by atoms with Crippen LogP contribution in [0, 0.1) is 17.0 Å². The van der Waals surface area contributed by atoms with Crippen LogP contribution in [-0.2, 0) is 11.2 Å². The van der Waals surface area contributed by atoms with Gasteiger partial charge in [-0.15, -0.1) is 0 Å². The fraction of sp³-hybridized carbons (Fsp3) is 0.350. The van der Waals surface area contributed by atoms with Crippen molar-refractivity contribution in [2.24, 2.45) is 5.41 Å². The highest BCUT2D eigenvalue weighted by Crippen LogP contribution is 2.32. The molecule has 0 heterocycles. The normalized spacial score (nSPS) is 12.7. The van der Waals surface area contributed by atoms with Crippen LogP contribution in [0.1, 0.15) is 44.4 Å². The Kier molecular flexibility index (Phi) is 5.71. The van der Waals surface area contributed by atoms with Crippen molar-refractivity contribution < 1.29 is 13.6 Å². The fourth-order valence-corrected chi connectivity index (χ4v) is 2.64. The Morgan fingerprint density at radius 1 is 1.04 bits per heavy atom. The summed E-state index contributed by atoms with van der Waals surface area (Å²) in [5, 5.41) is 3.00. The third kappa shape index (κ3) is 4.88. The molecule has 0 aliphatic carbocycles. The standard InChI is InChI=1S/C20H23F2NO/c1-20(2,3)19(15-8-11-16(21)12-9-15)23-18(24)13-10-14-6-4-5-7-17(14)22/h4-9,11-12,19H,10,13H2,1-3H3,(H,23,24). The highest BCUT2D eigenvalue weighted by atomic mass is 19.1. The molecule has 0 aromatic heterocycles. The number of carbonyl (C=O) groups excluding carboxylic acids is 1. The Labute approximate surface area is 141 Å². The van der Waals surface area contributed by atoms with Crippen molar-refractivity contribution >= 4 is 5.91 Å². The molecule has 0 aliphatic heterocycles. The first-order valence-corrected chi connectivity index (χ1v) is 8.05. The Morgan fingerprint density at radius 2 is 1.67 bits per heavy atom. The van der Waals surface area contributed by atoms with E-state index in [9.17, 15) is 13.6 Å². The van der Waals surface area contributed by atoms with Crippen LogP contribution in [0.15, 0.2) is 48.5 Å². The van der Waals surface area contributed by atoms with Gasteiger partial charge in [0.25, 0.3) is 0 Å². The van der Waals surface area contributed by atoms with Gasteiger partial charge in [0, 0.05) is 6.42 Å². The van der Waals surface area contributed by atoms with Crippen molar-refractivity contribution in [1.82, 2.24) is 5.32 Å². The van der Waals surface area contributed by atoms with E-state index >= 15 is 0 Å². The topological polar surface area (TPSA) is 29.1 Å². The molecule has 2 aromatic carbocycles. The first-order valence-electron chi connectivity index (χ1n) is 8.05. The average molecular weight is 331 g/mol. The molecule has 1 amide bonds. The van der Waals surface area contributed by atoms with Crippen LogP contribution in [0.2, 0.25) is 0 Å². The van der Waals surface area contributed by atoms with Gasteiger partial charge in [-0.2, -0.15) is 0 Å². The van der Waals surface area contributed by atoms with Gasteiger partial charge in [0.1, 0.15) is 11.6 Å². The highest BCUT2D eigenvalue weighted by molar-refractivity contribution is 5.76. The molecule has 1 N–H and O–H groups in total. The van der Waals surface area contributed by atoms with Crippen LogP contribution in [0.25, 0.3) is 0 Å². The summed E-state index contributed by atoms with van der Waals surface area (Å²) in [5.41, 5.74) is 1.15. The smallest absolute Gasteiger partial charge is 0.220 e. The van der Waals surface area contributed by atoms with Crippen LogP contribution in [-0.4, -0.2) is 5.91 Å². The van der Waals surface area contributed by atoms with Crippen LogP contribution < -0.4 is 5.32 Å². The van der Waals surface area contributed by atoms with Gasteiger partial charge in [0.15, 0.2) is 0 Å². The van der Waals surface area contributed by atoms with E-state index in [0.29, 0.717) is 12.0 Å². The van der Waals surface area contributed by atoms with E-state index in [1.54, 1.807) is 30.3 Å². The number of nitrogens with one attached hydrogen (secondary N) is 1. The summed E-state index contributed by atoms with van der Waals surface area (Å²) in [4.78, 5) is 12.3. The molecule has 1 unspecified atom stereocenters. The lowest BCUT2D eigenvalue weighted by molar-refractivity contribution is -0.122. The summed E-state index contributed by atoms with van der Waals surface area (Å²) >= 11 is 0. The lowest BCUT2D eigenvalue weighted by Gasteiger charge is -2.32. The molecule has 2 rings (SSSR count). The summed E-state index contributed by atoms with van der Waals surface area (Å²) < 4.78 is 26.8. The number of rotatable bonds is 5. The monoisotopic (exact) mass is 331 g/mol. The van der Waals surface area contributed by atoms with E-state index < -0.39 is 0 Å².